The molecule has 2 unspecified atom stereocenters. The summed E-state index contributed by atoms with van der Waals surface area (Å²) in [6.07, 6.45) is 1.83. The molecule has 2 aromatic heterocycles. The van der Waals surface area contributed by atoms with E-state index in [0.717, 1.165) is 17.7 Å². The smallest absolute Gasteiger partial charge is 0.411 e. The predicted octanol–water partition coefficient (Wildman–Crippen LogP) is 10.8. The first-order valence-corrected chi connectivity index (χ1v) is 28.3. The Morgan fingerprint density at radius 1 is 0.676 bits per heavy atom. The molecule has 0 bridgehead atoms. The summed E-state index contributed by atoms with van der Waals surface area (Å²) >= 11 is 2.73. The van der Waals surface area contributed by atoms with Gasteiger partial charge in [0.05, 0.1) is 50.6 Å². The summed E-state index contributed by atoms with van der Waals surface area (Å²) in [5, 5.41) is 19.4. The largest absolute Gasteiger partial charge is 0.447 e. The molecule has 1 saturated heterocycles. The van der Waals surface area contributed by atoms with Crippen LogP contribution in [-0.2, 0) is 34.3 Å². The van der Waals surface area contributed by atoms with Crippen molar-refractivity contribution in [1.29, 1.82) is 0 Å². The molecule has 6 aromatic rings. The van der Waals surface area contributed by atoms with Gasteiger partial charge in [0.1, 0.15) is 10.0 Å². The van der Waals surface area contributed by atoms with Gasteiger partial charge in [-0.2, -0.15) is 0 Å². The molecule has 1 aliphatic rings. The number of hydrogen-bond acceptors (Lipinski definition) is 16. The SMILES string of the molecule is CC(C)OC(=O)Nc1ccc(-c2ncc(-c3ccc(N)cc3S(=O)(=O)NC(C)(C)C)s2)cc1.CC(O)CNc1ccc(-c2cnc(-c3ccc(NC(=O)OC(C)C)cc3)s2)c(S(=O)(=O)NC(C)(C)C)c1.CC1CO1. The van der Waals surface area contributed by atoms with Crippen LogP contribution in [0.4, 0.5) is 32.3 Å². The van der Waals surface area contributed by atoms with E-state index in [4.69, 9.17) is 19.9 Å². The molecule has 2 amide bonds. The van der Waals surface area contributed by atoms with Gasteiger partial charge in [0, 0.05) is 75.0 Å². The Bertz CT molecular complexity index is 3070. The topological polar surface area (TPSA) is 266 Å². The van der Waals surface area contributed by atoms with Gasteiger partial charge in [0.15, 0.2) is 0 Å². The number of ether oxygens (including phenoxy) is 3. The van der Waals surface area contributed by atoms with Crippen molar-refractivity contribution < 1.29 is 45.7 Å². The highest BCUT2D eigenvalue weighted by atomic mass is 32.2. The summed E-state index contributed by atoms with van der Waals surface area (Å²) in [4.78, 5) is 34.2. The molecule has 400 valence electrons. The third kappa shape index (κ3) is 18.7. The Kier molecular flexibility index (Phi) is 19.9. The minimum atomic E-state index is -3.86. The molecule has 7 rings (SSSR count). The van der Waals surface area contributed by atoms with Crippen LogP contribution in [0.15, 0.2) is 107 Å². The summed E-state index contributed by atoms with van der Waals surface area (Å²) in [5.41, 5.74) is 9.43. The van der Waals surface area contributed by atoms with E-state index < -0.39 is 49.4 Å². The van der Waals surface area contributed by atoms with Crippen molar-refractivity contribution in [1.82, 2.24) is 19.4 Å². The first-order chi connectivity index (χ1) is 34.5. The van der Waals surface area contributed by atoms with Crippen LogP contribution in [0.2, 0.25) is 0 Å². The zero-order valence-electron chi connectivity index (χ0n) is 43.7. The van der Waals surface area contributed by atoms with E-state index in [1.54, 1.807) is 143 Å². The van der Waals surface area contributed by atoms with Crippen molar-refractivity contribution in [3.8, 4) is 42.0 Å². The van der Waals surface area contributed by atoms with E-state index in [9.17, 15) is 31.5 Å². The van der Waals surface area contributed by atoms with Crippen molar-refractivity contribution in [2.75, 3.05) is 34.8 Å². The van der Waals surface area contributed by atoms with Crippen LogP contribution >= 0.6 is 22.7 Å². The molecule has 0 aliphatic carbocycles. The lowest BCUT2D eigenvalue weighted by Gasteiger charge is -2.22. The Balaban J connectivity index is 0.000000255. The number of sulfonamides is 2. The number of nitrogen functional groups attached to an aromatic ring is 1. The average Bonchev–Trinajstić information content (AvgIpc) is 3.66. The number of nitrogens with one attached hydrogen (secondary N) is 5. The Morgan fingerprint density at radius 3 is 1.42 bits per heavy atom. The van der Waals surface area contributed by atoms with Crippen molar-refractivity contribution >= 4 is 77.7 Å². The van der Waals surface area contributed by atoms with Crippen LogP contribution < -0.4 is 31.1 Å². The third-order valence-corrected chi connectivity index (χ3v) is 15.3. The van der Waals surface area contributed by atoms with Crippen LogP contribution in [0.1, 0.15) is 83.1 Å². The maximum absolute atomic E-state index is 13.4. The molecular formula is C52H68N8O10S4. The molecular weight excluding hydrogens is 1020 g/mol. The standard InChI is InChI=1S/C26H34N4O5S2.C23H28N4O4S2.C3H6O/c1-16(2)35-25(32)29-19-9-7-18(8-10-19)24-28-15-22(36-24)21-12-11-20(27-14-17(3)31)13-23(21)37(33,34)30-26(4,5)6;1-14(2)31-22(28)26-17-9-6-15(7-10-17)21-25-13-19(32-21)18-11-8-16(24)12-20(18)33(29,30)27-23(3,4)5;1-3-2-4-3/h7-13,15-17,27,30-31H,14H2,1-6H3,(H,29,32);6-14,27H,24H2,1-5H3,(H,26,28);3H,2H2,1H3. The van der Waals surface area contributed by atoms with E-state index in [1.165, 1.54) is 28.7 Å². The molecule has 2 atom stereocenters. The second-order valence-electron chi connectivity index (χ2n) is 19.9. The number of aliphatic hydroxyl groups is 1. The predicted molar refractivity (Wildman–Crippen MR) is 297 cm³/mol. The van der Waals surface area contributed by atoms with Crippen molar-refractivity contribution in [2.24, 2.45) is 0 Å². The first-order valence-electron chi connectivity index (χ1n) is 23.7. The molecule has 0 radical (unpaired) electrons. The Hall–Kier alpha value is -5.98. The minimum absolute atomic E-state index is 0.107. The van der Waals surface area contributed by atoms with Gasteiger partial charge < -0.3 is 30.4 Å². The van der Waals surface area contributed by atoms with Crippen LogP contribution in [0.5, 0.6) is 0 Å². The van der Waals surface area contributed by atoms with Gasteiger partial charge in [-0.1, -0.05) is 12.1 Å². The van der Waals surface area contributed by atoms with Gasteiger partial charge in [-0.15, -0.1) is 22.7 Å². The Labute approximate surface area is 443 Å². The summed E-state index contributed by atoms with van der Waals surface area (Å²) in [6, 6.07) is 24.2. The molecule has 8 N–H and O–H groups in total. The van der Waals surface area contributed by atoms with Crippen LogP contribution in [0.3, 0.4) is 0 Å². The highest BCUT2D eigenvalue weighted by molar-refractivity contribution is 7.90. The number of rotatable bonds is 15. The van der Waals surface area contributed by atoms with Crippen molar-refractivity contribution in [3.05, 3.63) is 97.3 Å². The lowest BCUT2D eigenvalue weighted by atomic mass is 10.1. The summed E-state index contributed by atoms with van der Waals surface area (Å²) in [6.45, 7) is 22.8. The van der Waals surface area contributed by atoms with Crippen LogP contribution in [0, 0.1) is 0 Å². The number of amides is 2. The number of carbonyl (C=O) groups is 2. The average molecular weight is 1090 g/mol. The molecule has 22 heteroatoms. The number of nitrogens with two attached hydrogens (primary N) is 1. The normalized spacial score (nSPS) is 14.0. The monoisotopic (exact) mass is 1090 g/mol. The third-order valence-electron chi connectivity index (χ3n) is 9.53. The number of carbonyl (C=O) groups excluding carboxylic acids is 2. The van der Waals surface area contributed by atoms with E-state index in [1.807, 2.05) is 24.3 Å². The summed E-state index contributed by atoms with van der Waals surface area (Å²) in [7, 11) is -7.67. The number of epoxide rings is 1. The van der Waals surface area contributed by atoms with Crippen LogP contribution in [-0.4, -0.2) is 92.7 Å². The number of thiazole rings is 2. The minimum Gasteiger partial charge on any atom is -0.447 e. The van der Waals surface area contributed by atoms with E-state index in [0.29, 0.717) is 59.7 Å². The van der Waals surface area contributed by atoms with E-state index >= 15 is 0 Å². The zero-order chi connectivity index (χ0) is 54.8. The van der Waals surface area contributed by atoms with Crippen LogP contribution in [0.25, 0.3) is 42.0 Å². The van der Waals surface area contributed by atoms with Gasteiger partial charge in [-0.05, 0) is 156 Å². The van der Waals surface area contributed by atoms with E-state index in [-0.39, 0.29) is 28.5 Å². The van der Waals surface area contributed by atoms with Crippen molar-refractivity contribution in [2.45, 2.75) is 128 Å². The fraction of sp³-hybridized carbons (Fsp3) is 0.385. The number of hydrogen-bond donors (Lipinski definition) is 7. The van der Waals surface area contributed by atoms with Gasteiger partial charge in [0.2, 0.25) is 20.0 Å². The quantitative estimate of drug-likeness (QED) is 0.0373. The summed E-state index contributed by atoms with van der Waals surface area (Å²) in [5.74, 6) is 0. The number of aromatic nitrogens is 2. The highest BCUT2D eigenvalue weighted by Crippen LogP contribution is 2.39. The number of nitrogens with zero attached hydrogens (tertiary/aromatic N) is 2. The highest BCUT2D eigenvalue weighted by Gasteiger charge is 2.28. The molecule has 3 heterocycles. The fourth-order valence-electron chi connectivity index (χ4n) is 6.48. The molecule has 0 saturated carbocycles. The second kappa shape index (κ2) is 25.0. The lowest BCUT2D eigenvalue weighted by molar-refractivity contribution is 0.129. The van der Waals surface area contributed by atoms with Crippen molar-refractivity contribution in [3.63, 3.8) is 0 Å². The number of anilines is 4. The molecule has 0 spiro atoms. The molecule has 1 aliphatic heterocycles. The molecule has 4 aromatic carbocycles. The van der Waals surface area contributed by atoms with Gasteiger partial charge in [-0.25, -0.2) is 45.8 Å². The van der Waals surface area contributed by atoms with Gasteiger partial charge in [-0.3, -0.25) is 10.6 Å². The second-order valence-corrected chi connectivity index (χ2v) is 25.3. The maximum atomic E-state index is 13.4. The summed E-state index contributed by atoms with van der Waals surface area (Å²) < 4.78 is 73.1. The molecule has 74 heavy (non-hydrogen) atoms. The zero-order valence-corrected chi connectivity index (χ0v) is 47.0. The lowest BCUT2D eigenvalue weighted by Crippen LogP contribution is -2.40. The van der Waals surface area contributed by atoms with E-state index in [2.05, 4.69) is 42.3 Å². The molecule has 18 nitrogen and oxygen atoms in total. The Morgan fingerprint density at radius 2 is 1.05 bits per heavy atom. The van der Waals surface area contributed by atoms with Gasteiger partial charge >= 0.3 is 12.2 Å². The molecule has 1 fully saturated rings. The van der Waals surface area contributed by atoms with Gasteiger partial charge in [0.25, 0.3) is 0 Å². The number of aliphatic hydroxyl groups excluding tert-OH is 1. The first kappa shape index (κ1) is 58.9. The fourth-order valence-corrected chi connectivity index (χ4v) is 11.9. The maximum Gasteiger partial charge on any atom is 0.411 e. The number of benzene rings is 4.